The lowest BCUT2D eigenvalue weighted by Crippen LogP contribution is -2.42. The summed E-state index contributed by atoms with van der Waals surface area (Å²) in [5.41, 5.74) is 7.47. The Bertz CT molecular complexity index is 405. The van der Waals surface area contributed by atoms with Crippen molar-refractivity contribution in [3.05, 3.63) is 45.2 Å². The van der Waals surface area contributed by atoms with Crippen LogP contribution < -0.4 is 4.73 Å². The third kappa shape index (κ3) is 2.59. The molecule has 1 N–H and O–H groups in total. The molecule has 0 aliphatic rings. The smallest absolute Gasteiger partial charge is 0.224 e. The number of aliphatic hydroxyl groups is 1. The number of rotatable bonds is 3. The van der Waals surface area contributed by atoms with Crippen LogP contribution in [0, 0.1) is 5.21 Å². The lowest BCUT2D eigenvalue weighted by atomic mass is 10.0. The summed E-state index contributed by atoms with van der Waals surface area (Å²) >= 11 is 0. The van der Waals surface area contributed by atoms with Crippen LogP contribution in [0.3, 0.4) is 0 Å². The zero-order chi connectivity index (χ0) is 11.5. The summed E-state index contributed by atoms with van der Waals surface area (Å²) in [4.78, 5) is 2.57. The van der Waals surface area contributed by atoms with E-state index in [1.165, 1.54) is 19.9 Å². The summed E-state index contributed by atoms with van der Waals surface area (Å²) in [5, 5.41) is 24.7. The van der Waals surface area contributed by atoms with Gasteiger partial charge in [0.15, 0.2) is 5.69 Å². The predicted molar refractivity (Wildman–Crippen MR) is 53.5 cm³/mol. The predicted octanol–water partition coefficient (Wildman–Crippen LogP) is 1.36. The monoisotopic (exact) mass is 208 g/mol. The van der Waals surface area contributed by atoms with Gasteiger partial charge in [-0.05, 0) is 25.4 Å². The van der Waals surface area contributed by atoms with Gasteiger partial charge in [-0.3, -0.25) is 0 Å². The second-order valence-corrected chi connectivity index (χ2v) is 3.64. The fraction of sp³-hybridized carbons (Fsp3) is 0.444. The van der Waals surface area contributed by atoms with Crippen molar-refractivity contribution in [2.75, 3.05) is 0 Å². The van der Waals surface area contributed by atoms with Gasteiger partial charge < -0.3 is 10.3 Å². The number of hydrogen-bond donors (Lipinski definition) is 1. The summed E-state index contributed by atoms with van der Waals surface area (Å²) in [6, 6.07) is 4.73. The van der Waals surface area contributed by atoms with E-state index < -0.39 is 5.60 Å². The van der Waals surface area contributed by atoms with Crippen molar-refractivity contribution in [2.24, 2.45) is 5.11 Å². The molecule has 6 nitrogen and oxygen atoms in total. The molecule has 80 valence electrons. The quantitative estimate of drug-likeness (QED) is 0.267. The van der Waals surface area contributed by atoms with Crippen LogP contribution in [0.15, 0.2) is 23.3 Å². The summed E-state index contributed by atoms with van der Waals surface area (Å²) < 4.78 is 0.592. The highest BCUT2D eigenvalue weighted by atomic mass is 16.5. The minimum absolute atomic E-state index is 0.0239. The first-order valence-corrected chi connectivity index (χ1v) is 4.42. The Kier molecular flexibility index (Phi) is 3.14. The SMILES string of the molecule is CC(C)(O)c1cccc(CN=[N+]=[N-])[n+]1[O-]. The highest BCUT2D eigenvalue weighted by Crippen LogP contribution is 2.15. The second kappa shape index (κ2) is 4.16. The minimum atomic E-state index is -1.21. The minimum Gasteiger partial charge on any atom is -0.618 e. The van der Waals surface area contributed by atoms with Gasteiger partial charge in [0, 0.05) is 17.0 Å². The van der Waals surface area contributed by atoms with Crippen molar-refractivity contribution in [1.29, 1.82) is 0 Å². The van der Waals surface area contributed by atoms with Crippen molar-refractivity contribution in [3.8, 4) is 0 Å². The van der Waals surface area contributed by atoms with E-state index in [4.69, 9.17) is 5.53 Å². The Morgan fingerprint density at radius 1 is 1.60 bits per heavy atom. The van der Waals surface area contributed by atoms with Crippen LogP contribution in [-0.4, -0.2) is 5.11 Å². The maximum atomic E-state index is 11.7. The van der Waals surface area contributed by atoms with Crippen LogP contribution in [0.5, 0.6) is 0 Å². The Morgan fingerprint density at radius 2 is 2.27 bits per heavy atom. The van der Waals surface area contributed by atoms with Gasteiger partial charge in [-0.15, -0.1) is 0 Å². The lowest BCUT2D eigenvalue weighted by molar-refractivity contribution is -0.630. The third-order valence-electron chi connectivity index (χ3n) is 1.95. The number of pyridine rings is 1. The molecule has 0 saturated heterocycles. The van der Waals surface area contributed by atoms with Gasteiger partial charge >= 0.3 is 0 Å². The molecule has 0 bridgehead atoms. The number of aromatic nitrogens is 1. The van der Waals surface area contributed by atoms with E-state index in [0.29, 0.717) is 10.4 Å². The van der Waals surface area contributed by atoms with E-state index >= 15 is 0 Å². The highest BCUT2D eigenvalue weighted by molar-refractivity contribution is 5.09. The number of nitrogens with zero attached hydrogens (tertiary/aromatic N) is 4. The molecule has 0 aliphatic carbocycles. The third-order valence-corrected chi connectivity index (χ3v) is 1.95. The molecule has 1 rings (SSSR count). The molecule has 0 atom stereocenters. The van der Waals surface area contributed by atoms with Crippen molar-refractivity contribution in [1.82, 2.24) is 0 Å². The standard InChI is InChI=1S/C9H12N4O2/c1-9(2,14)8-5-3-4-7(13(8)15)6-11-12-10/h3-5,14H,6H2,1-2H3. The Labute approximate surface area is 87.0 Å². The molecule has 0 unspecified atom stereocenters. The van der Waals surface area contributed by atoms with Crippen molar-refractivity contribution in [3.63, 3.8) is 0 Å². The van der Waals surface area contributed by atoms with E-state index in [1.807, 2.05) is 0 Å². The van der Waals surface area contributed by atoms with E-state index in [1.54, 1.807) is 12.1 Å². The fourth-order valence-corrected chi connectivity index (χ4v) is 1.21. The van der Waals surface area contributed by atoms with E-state index in [9.17, 15) is 10.3 Å². The summed E-state index contributed by atoms with van der Waals surface area (Å²) in [6.45, 7) is 3.02. The number of hydrogen-bond acceptors (Lipinski definition) is 3. The molecule has 1 aromatic rings. The van der Waals surface area contributed by atoms with Crippen molar-refractivity contribution in [2.45, 2.75) is 26.0 Å². The molecule has 0 spiro atoms. The first kappa shape index (κ1) is 11.3. The van der Waals surface area contributed by atoms with Crippen LogP contribution >= 0.6 is 0 Å². The van der Waals surface area contributed by atoms with Crippen molar-refractivity contribution >= 4 is 0 Å². The van der Waals surface area contributed by atoms with E-state index in [-0.39, 0.29) is 12.2 Å². The molecule has 1 aromatic heterocycles. The molecule has 0 fully saturated rings. The summed E-state index contributed by atoms with van der Waals surface area (Å²) in [7, 11) is 0. The molecule has 0 aliphatic heterocycles. The van der Waals surface area contributed by atoms with Crippen LogP contribution in [0.1, 0.15) is 25.2 Å². The van der Waals surface area contributed by atoms with Gasteiger partial charge in [0.25, 0.3) is 0 Å². The Balaban J connectivity index is 3.17. The van der Waals surface area contributed by atoms with Gasteiger partial charge in [0.2, 0.25) is 5.69 Å². The normalized spacial score (nSPS) is 10.9. The highest BCUT2D eigenvalue weighted by Gasteiger charge is 2.26. The van der Waals surface area contributed by atoms with Crippen LogP contribution in [0.25, 0.3) is 10.4 Å². The van der Waals surface area contributed by atoms with Gasteiger partial charge in [0.05, 0.1) is 0 Å². The van der Waals surface area contributed by atoms with Crippen molar-refractivity contribution < 1.29 is 9.84 Å². The topological polar surface area (TPSA) is 95.9 Å². The molecular weight excluding hydrogens is 196 g/mol. The maximum Gasteiger partial charge on any atom is 0.224 e. The molecular formula is C9H12N4O2. The molecule has 0 radical (unpaired) electrons. The average molecular weight is 208 g/mol. The summed E-state index contributed by atoms with van der Waals surface area (Å²) in [6.07, 6.45) is 0. The van der Waals surface area contributed by atoms with Gasteiger partial charge in [-0.25, -0.2) is 0 Å². The Morgan fingerprint density at radius 3 is 2.80 bits per heavy atom. The average Bonchev–Trinajstić information content (AvgIpc) is 2.14. The first-order chi connectivity index (χ1) is 6.96. The van der Waals surface area contributed by atoms with Gasteiger partial charge in [0.1, 0.15) is 12.1 Å². The second-order valence-electron chi connectivity index (χ2n) is 3.64. The van der Waals surface area contributed by atoms with Gasteiger partial charge in [-0.2, -0.15) is 4.73 Å². The summed E-state index contributed by atoms with van der Waals surface area (Å²) in [5.74, 6) is 0. The lowest BCUT2D eigenvalue weighted by Gasteiger charge is -2.17. The molecule has 0 saturated carbocycles. The zero-order valence-corrected chi connectivity index (χ0v) is 8.58. The van der Waals surface area contributed by atoms with E-state index in [2.05, 4.69) is 10.0 Å². The van der Waals surface area contributed by atoms with E-state index in [0.717, 1.165) is 0 Å². The van der Waals surface area contributed by atoms with Gasteiger partial charge in [-0.1, -0.05) is 5.11 Å². The largest absolute Gasteiger partial charge is 0.618 e. The number of azide groups is 1. The maximum absolute atomic E-state index is 11.7. The van der Waals surface area contributed by atoms with Crippen LogP contribution in [0.4, 0.5) is 0 Å². The molecule has 0 amide bonds. The molecule has 6 heteroatoms. The Hall–Kier alpha value is -1.78. The van der Waals surface area contributed by atoms with Crippen LogP contribution in [-0.2, 0) is 12.1 Å². The fourth-order valence-electron chi connectivity index (χ4n) is 1.21. The first-order valence-electron chi connectivity index (χ1n) is 4.42. The molecule has 15 heavy (non-hydrogen) atoms. The zero-order valence-electron chi connectivity index (χ0n) is 8.58. The molecule has 0 aromatic carbocycles. The molecule has 1 heterocycles. The van der Waals surface area contributed by atoms with Crippen LogP contribution in [0.2, 0.25) is 0 Å².